The minimum Gasteiger partial charge on any atom is -0.356 e. The van der Waals surface area contributed by atoms with Crippen molar-refractivity contribution in [2.75, 3.05) is 6.54 Å². The Labute approximate surface area is 98.4 Å². The molecular weight excluding hydrogens is 245 g/mol. The van der Waals surface area contributed by atoms with Crippen molar-refractivity contribution in [1.82, 2.24) is 5.32 Å². The summed E-state index contributed by atoms with van der Waals surface area (Å²) in [5, 5.41) is 2.29. The van der Waals surface area contributed by atoms with Gasteiger partial charge in [-0.15, -0.1) is 12.4 Å². The number of hydrogen-bond acceptors (Lipinski definition) is 2. The molecule has 0 aliphatic heterocycles. The summed E-state index contributed by atoms with van der Waals surface area (Å²) in [5.74, 6) is -0.500. The van der Waals surface area contributed by atoms with E-state index in [0.717, 1.165) is 6.42 Å². The number of alkyl halides is 3. The maximum atomic E-state index is 11.8. The standard InChI is InChI=1S/C9H15F3N2O.ClH/c10-9(11,12)3-4-14-8(15)6-1-2-7(13)5-6;/h6-7H,1-5,13H2,(H,14,15);1H. The van der Waals surface area contributed by atoms with Crippen molar-refractivity contribution >= 4 is 18.3 Å². The first-order valence-corrected chi connectivity index (χ1v) is 4.98. The number of nitrogens with one attached hydrogen (secondary N) is 1. The average molecular weight is 261 g/mol. The van der Waals surface area contributed by atoms with Crippen LogP contribution in [0.2, 0.25) is 0 Å². The van der Waals surface area contributed by atoms with Crippen LogP contribution in [0.1, 0.15) is 25.7 Å². The summed E-state index contributed by atoms with van der Waals surface area (Å²) in [6, 6.07) is 0.0170. The Morgan fingerprint density at radius 1 is 1.38 bits per heavy atom. The van der Waals surface area contributed by atoms with E-state index >= 15 is 0 Å². The molecule has 2 atom stereocenters. The normalized spacial score (nSPS) is 25.0. The highest BCUT2D eigenvalue weighted by Crippen LogP contribution is 2.24. The number of halogens is 4. The lowest BCUT2D eigenvalue weighted by Crippen LogP contribution is -2.33. The Balaban J connectivity index is 0.00000225. The average Bonchev–Trinajstić information content (AvgIpc) is 2.49. The monoisotopic (exact) mass is 260 g/mol. The molecule has 0 aromatic carbocycles. The molecule has 1 aliphatic rings. The molecule has 1 amide bonds. The zero-order valence-electron chi connectivity index (χ0n) is 8.72. The van der Waals surface area contributed by atoms with Gasteiger partial charge in [0, 0.05) is 18.5 Å². The van der Waals surface area contributed by atoms with Crippen molar-refractivity contribution in [1.29, 1.82) is 0 Å². The lowest BCUT2D eigenvalue weighted by atomic mass is 10.1. The summed E-state index contributed by atoms with van der Waals surface area (Å²) in [6.45, 7) is -0.339. The van der Waals surface area contributed by atoms with E-state index in [-0.39, 0.29) is 36.8 Å². The van der Waals surface area contributed by atoms with Crippen LogP contribution in [0.3, 0.4) is 0 Å². The number of nitrogens with two attached hydrogens (primary N) is 1. The fourth-order valence-electron chi connectivity index (χ4n) is 1.73. The molecule has 0 heterocycles. The summed E-state index contributed by atoms with van der Waals surface area (Å²) in [6.07, 6.45) is -3.15. The van der Waals surface area contributed by atoms with Gasteiger partial charge in [-0.25, -0.2) is 0 Å². The SMILES string of the molecule is Cl.NC1CCC(C(=O)NCCC(F)(F)F)C1. The van der Waals surface area contributed by atoms with E-state index in [9.17, 15) is 18.0 Å². The van der Waals surface area contributed by atoms with Crippen molar-refractivity contribution in [3.8, 4) is 0 Å². The molecule has 0 spiro atoms. The third kappa shape index (κ3) is 5.55. The number of amides is 1. The maximum Gasteiger partial charge on any atom is 0.390 e. The minimum absolute atomic E-state index is 0. The number of carbonyl (C=O) groups is 1. The first-order chi connectivity index (χ1) is 6.88. The third-order valence-corrected chi connectivity index (χ3v) is 2.55. The third-order valence-electron chi connectivity index (χ3n) is 2.55. The lowest BCUT2D eigenvalue weighted by Gasteiger charge is -2.11. The van der Waals surface area contributed by atoms with Crippen molar-refractivity contribution in [3.05, 3.63) is 0 Å². The van der Waals surface area contributed by atoms with Crippen molar-refractivity contribution in [2.45, 2.75) is 37.9 Å². The van der Waals surface area contributed by atoms with E-state index in [1.807, 2.05) is 0 Å². The minimum atomic E-state index is -4.21. The zero-order chi connectivity index (χ0) is 11.5. The van der Waals surface area contributed by atoms with Crippen LogP contribution in [0.15, 0.2) is 0 Å². The largest absolute Gasteiger partial charge is 0.390 e. The highest BCUT2D eigenvalue weighted by molar-refractivity contribution is 5.85. The molecule has 0 saturated heterocycles. The molecule has 3 N–H and O–H groups in total. The van der Waals surface area contributed by atoms with E-state index in [0.29, 0.717) is 12.8 Å². The summed E-state index contributed by atoms with van der Waals surface area (Å²) in [4.78, 5) is 11.3. The molecule has 0 radical (unpaired) electrons. The van der Waals surface area contributed by atoms with Gasteiger partial charge in [0.05, 0.1) is 6.42 Å². The van der Waals surface area contributed by atoms with Crippen molar-refractivity contribution < 1.29 is 18.0 Å². The summed E-state index contributed by atoms with van der Waals surface area (Å²) >= 11 is 0. The number of carbonyl (C=O) groups excluding carboxylic acids is 1. The first kappa shape index (κ1) is 15.5. The molecule has 7 heteroatoms. The van der Waals surface area contributed by atoms with Gasteiger partial charge in [-0.1, -0.05) is 0 Å². The second-order valence-electron chi connectivity index (χ2n) is 3.93. The quantitative estimate of drug-likeness (QED) is 0.810. The van der Waals surface area contributed by atoms with Crippen LogP contribution in [-0.2, 0) is 4.79 Å². The molecule has 0 bridgehead atoms. The topological polar surface area (TPSA) is 55.1 Å². The highest BCUT2D eigenvalue weighted by atomic mass is 35.5. The van der Waals surface area contributed by atoms with Crippen LogP contribution >= 0.6 is 12.4 Å². The number of rotatable bonds is 3. The van der Waals surface area contributed by atoms with Crippen LogP contribution < -0.4 is 11.1 Å². The van der Waals surface area contributed by atoms with E-state index in [2.05, 4.69) is 5.32 Å². The van der Waals surface area contributed by atoms with Crippen LogP contribution in [0.4, 0.5) is 13.2 Å². The molecule has 96 valence electrons. The molecule has 3 nitrogen and oxygen atoms in total. The second kappa shape index (κ2) is 6.30. The van der Waals surface area contributed by atoms with Gasteiger partial charge in [-0.2, -0.15) is 13.2 Å². The smallest absolute Gasteiger partial charge is 0.356 e. The summed E-state index contributed by atoms with van der Waals surface area (Å²) < 4.78 is 35.3. The fraction of sp³-hybridized carbons (Fsp3) is 0.889. The van der Waals surface area contributed by atoms with E-state index in [1.54, 1.807) is 0 Å². The van der Waals surface area contributed by atoms with Crippen LogP contribution in [0.5, 0.6) is 0 Å². The van der Waals surface area contributed by atoms with Gasteiger partial charge in [0.25, 0.3) is 0 Å². The molecule has 16 heavy (non-hydrogen) atoms. The zero-order valence-corrected chi connectivity index (χ0v) is 9.53. The van der Waals surface area contributed by atoms with Crippen LogP contribution in [-0.4, -0.2) is 24.7 Å². The molecule has 1 fully saturated rings. The maximum absolute atomic E-state index is 11.8. The molecule has 0 aromatic heterocycles. The van der Waals surface area contributed by atoms with Gasteiger partial charge in [0.1, 0.15) is 0 Å². The molecule has 1 saturated carbocycles. The van der Waals surface area contributed by atoms with E-state index < -0.39 is 12.6 Å². The Kier molecular flexibility index (Phi) is 6.10. The predicted molar refractivity (Wildman–Crippen MR) is 56.2 cm³/mol. The van der Waals surface area contributed by atoms with Crippen molar-refractivity contribution in [3.63, 3.8) is 0 Å². The Bertz CT molecular complexity index is 235. The second-order valence-corrected chi connectivity index (χ2v) is 3.93. The highest BCUT2D eigenvalue weighted by Gasteiger charge is 2.30. The fourth-order valence-corrected chi connectivity index (χ4v) is 1.73. The van der Waals surface area contributed by atoms with Gasteiger partial charge >= 0.3 is 6.18 Å². The molecule has 1 aliphatic carbocycles. The van der Waals surface area contributed by atoms with Gasteiger partial charge < -0.3 is 11.1 Å². The number of hydrogen-bond donors (Lipinski definition) is 2. The van der Waals surface area contributed by atoms with Crippen molar-refractivity contribution in [2.24, 2.45) is 11.7 Å². The van der Waals surface area contributed by atoms with Crippen LogP contribution in [0.25, 0.3) is 0 Å². The molecule has 1 rings (SSSR count). The Hall–Kier alpha value is -0.490. The van der Waals surface area contributed by atoms with Gasteiger partial charge in [-0.3, -0.25) is 4.79 Å². The lowest BCUT2D eigenvalue weighted by molar-refractivity contribution is -0.136. The molecular formula is C9H16ClF3N2O. The van der Waals surface area contributed by atoms with Gasteiger partial charge in [0.2, 0.25) is 5.91 Å². The van der Waals surface area contributed by atoms with Crippen LogP contribution in [0, 0.1) is 5.92 Å². The van der Waals surface area contributed by atoms with Gasteiger partial charge in [-0.05, 0) is 19.3 Å². The Morgan fingerprint density at radius 2 is 2.00 bits per heavy atom. The first-order valence-electron chi connectivity index (χ1n) is 4.98. The predicted octanol–water partition coefficient (Wildman–Crippen LogP) is 1.60. The van der Waals surface area contributed by atoms with E-state index in [1.165, 1.54) is 0 Å². The Morgan fingerprint density at radius 3 is 2.44 bits per heavy atom. The summed E-state index contributed by atoms with van der Waals surface area (Å²) in [5.41, 5.74) is 5.60. The van der Waals surface area contributed by atoms with Gasteiger partial charge in [0.15, 0.2) is 0 Å². The molecule has 2 unspecified atom stereocenters. The molecule has 0 aromatic rings. The summed E-state index contributed by atoms with van der Waals surface area (Å²) in [7, 11) is 0. The van der Waals surface area contributed by atoms with E-state index in [4.69, 9.17) is 5.73 Å².